The molecular formula is C24H23N3O7S. The van der Waals surface area contributed by atoms with Crippen LogP contribution in [-0.4, -0.2) is 33.1 Å². The molecular weight excluding hydrogens is 474 g/mol. The van der Waals surface area contributed by atoms with Crippen LogP contribution in [0.1, 0.15) is 5.56 Å². The molecule has 0 spiro atoms. The van der Waals surface area contributed by atoms with Gasteiger partial charge >= 0.3 is 5.76 Å². The first-order chi connectivity index (χ1) is 16.8. The average molecular weight is 498 g/mol. The summed E-state index contributed by atoms with van der Waals surface area (Å²) in [7, 11) is -0.898. The zero-order chi connectivity index (χ0) is 25.0. The van der Waals surface area contributed by atoms with Gasteiger partial charge in [0.05, 0.1) is 30.3 Å². The highest BCUT2D eigenvalue weighted by molar-refractivity contribution is 7.89. The molecule has 182 valence electrons. The molecule has 4 rings (SSSR count). The van der Waals surface area contributed by atoms with E-state index in [2.05, 4.69) is 10.0 Å². The van der Waals surface area contributed by atoms with Gasteiger partial charge in [0.15, 0.2) is 5.58 Å². The van der Waals surface area contributed by atoms with Crippen LogP contribution in [-0.2, 0) is 27.9 Å². The normalized spacial score (nSPS) is 11.4. The first kappa shape index (κ1) is 24.0. The smallest absolute Gasteiger partial charge is 0.420 e. The summed E-state index contributed by atoms with van der Waals surface area (Å²) < 4.78 is 44.7. The van der Waals surface area contributed by atoms with E-state index in [1.807, 2.05) is 18.2 Å². The Hall–Kier alpha value is -4.09. The van der Waals surface area contributed by atoms with Gasteiger partial charge in [-0.3, -0.25) is 9.36 Å². The number of methoxy groups -OCH3 is 2. The summed E-state index contributed by atoms with van der Waals surface area (Å²) in [5.74, 6) is -0.370. The molecule has 0 aliphatic rings. The number of sulfonamides is 1. The molecule has 1 aromatic heterocycles. The molecule has 11 heteroatoms. The van der Waals surface area contributed by atoms with Crippen molar-refractivity contribution in [3.63, 3.8) is 0 Å². The van der Waals surface area contributed by atoms with Crippen LogP contribution >= 0.6 is 0 Å². The van der Waals surface area contributed by atoms with Crippen molar-refractivity contribution in [3.8, 4) is 11.5 Å². The second-order valence-corrected chi connectivity index (χ2v) is 9.28. The zero-order valence-corrected chi connectivity index (χ0v) is 19.8. The molecule has 2 N–H and O–H groups in total. The van der Waals surface area contributed by atoms with E-state index in [-0.39, 0.29) is 29.1 Å². The Morgan fingerprint density at radius 1 is 1.00 bits per heavy atom. The van der Waals surface area contributed by atoms with Crippen molar-refractivity contribution in [2.75, 3.05) is 19.5 Å². The monoisotopic (exact) mass is 497 g/mol. The molecule has 0 unspecified atom stereocenters. The number of carbonyl (C=O) groups excluding carboxylic acids is 1. The summed E-state index contributed by atoms with van der Waals surface area (Å²) in [5, 5.41) is 2.68. The molecule has 0 saturated carbocycles. The van der Waals surface area contributed by atoms with Gasteiger partial charge in [-0.25, -0.2) is 17.9 Å². The largest absolute Gasteiger partial charge is 0.497 e. The highest BCUT2D eigenvalue weighted by atomic mass is 32.2. The van der Waals surface area contributed by atoms with Crippen molar-refractivity contribution >= 4 is 32.7 Å². The lowest BCUT2D eigenvalue weighted by Gasteiger charge is -2.12. The lowest BCUT2D eigenvalue weighted by molar-refractivity contribution is -0.116. The number of fused-ring (bicyclic) bond motifs is 1. The topological polar surface area (TPSA) is 129 Å². The number of ether oxygens (including phenoxy) is 2. The van der Waals surface area contributed by atoms with Gasteiger partial charge in [-0.1, -0.05) is 30.3 Å². The zero-order valence-electron chi connectivity index (χ0n) is 19.0. The maximum atomic E-state index is 12.7. The second-order valence-electron chi connectivity index (χ2n) is 7.51. The summed E-state index contributed by atoms with van der Waals surface area (Å²) in [6.45, 7) is -0.245. The van der Waals surface area contributed by atoms with Gasteiger partial charge in [-0.05, 0) is 29.8 Å². The first-order valence-electron chi connectivity index (χ1n) is 10.5. The number of benzene rings is 3. The van der Waals surface area contributed by atoms with Crippen LogP contribution in [0.15, 0.2) is 80.8 Å². The Balaban J connectivity index is 1.54. The first-order valence-corrected chi connectivity index (χ1v) is 12.0. The van der Waals surface area contributed by atoms with E-state index in [0.717, 1.165) is 10.1 Å². The fraction of sp³-hybridized carbons (Fsp3) is 0.167. The highest BCUT2D eigenvalue weighted by Crippen LogP contribution is 2.29. The number of carbonyl (C=O) groups is 1. The summed E-state index contributed by atoms with van der Waals surface area (Å²) in [6, 6.07) is 18.0. The predicted octanol–water partition coefficient (Wildman–Crippen LogP) is 2.73. The summed E-state index contributed by atoms with van der Waals surface area (Å²) in [4.78, 5) is 25.0. The minimum atomic E-state index is -3.86. The maximum Gasteiger partial charge on any atom is 0.420 e. The van der Waals surface area contributed by atoms with Gasteiger partial charge in [-0.2, -0.15) is 0 Å². The Bertz CT molecular complexity index is 1530. The van der Waals surface area contributed by atoms with Gasteiger partial charge in [0.25, 0.3) is 0 Å². The second kappa shape index (κ2) is 10.0. The van der Waals surface area contributed by atoms with E-state index in [4.69, 9.17) is 13.9 Å². The lowest BCUT2D eigenvalue weighted by Crippen LogP contribution is -2.25. The number of hydrogen-bond acceptors (Lipinski definition) is 7. The molecule has 0 bridgehead atoms. The average Bonchev–Trinajstić information content (AvgIpc) is 3.17. The Morgan fingerprint density at radius 3 is 2.49 bits per heavy atom. The minimum Gasteiger partial charge on any atom is -0.497 e. The van der Waals surface area contributed by atoms with Crippen molar-refractivity contribution in [2.24, 2.45) is 0 Å². The molecule has 10 nitrogen and oxygen atoms in total. The van der Waals surface area contributed by atoms with Crippen LogP contribution in [0.25, 0.3) is 11.1 Å². The summed E-state index contributed by atoms with van der Waals surface area (Å²) >= 11 is 0. The Labute approximate surface area is 201 Å². The number of aromatic nitrogens is 1. The highest BCUT2D eigenvalue weighted by Gasteiger charge is 2.19. The van der Waals surface area contributed by atoms with E-state index in [1.165, 1.54) is 32.4 Å². The third kappa shape index (κ3) is 5.36. The molecule has 0 radical (unpaired) electrons. The number of amides is 1. The van der Waals surface area contributed by atoms with E-state index < -0.39 is 21.7 Å². The third-order valence-corrected chi connectivity index (χ3v) is 6.64. The number of oxazole rings is 1. The van der Waals surface area contributed by atoms with Crippen molar-refractivity contribution < 1.29 is 27.1 Å². The lowest BCUT2D eigenvalue weighted by atomic mass is 10.2. The van der Waals surface area contributed by atoms with E-state index >= 15 is 0 Å². The number of nitrogens with zero attached hydrogens (tertiary/aromatic N) is 1. The molecule has 0 saturated heterocycles. The van der Waals surface area contributed by atoms with Crippen LogP contribution in [0.3, 0.4) is 0 Å². The summed E-state index contributed by atoms with van der Waals surface area (Å²) in [5.41, 5.74) is 1.50. The van der Waals surface area contributed by atoms with E-state index in [1.54, 1.807) is 30.3 Å². The fourth-order valence-corrected chi connectivity index (χ4v) is 4.50. The Morgan fingerprint density at radius 2 is 1.77 bits per heavy atom. The van der Waals surface area contributed by atoms with Gasteiger partial charge in [0, 0.05) is 18.7 Å². The molecule has 0 atom stereocenters. The molecule has 35 heavy (non-hydrogen) atoms. The maximum absolute atomic E-state index is 12.7. The van der Waals surface area contributed by atoms with Crippen LogP contribution < -0.4 is 25.3 Å². The molecule has 1 heterocycles. The fourth-order valence-electron chi connectivity index (χ4n) is 3.47. The standard InChI is InChI=1S/C24H23N3O7S/c1-32-17-8-11-21(33-2)19(12-17)26-23(28)15-27-20-10-9-18(13-22(20)34-24(27)29)35(30,31)25-14-16-6-4-3-5-7-16/h3-13,25H,14-15H2,1-2H3,(H,26,28). The molecule has 3 aromatic carbocycles. The number of rotatable bonds is 9. The molecule has 1 amide bonds. The van der Waals surface area contributed by atoms with Crippen molar-refractivity contribution in [1.82, 2.24) is 9.29 Å². The van der Waals surface area contributed by atoms with E-state index in [0.29, 0.717) is 17.2 Å². The van der Waals surface area contributed by atoms with Gasteiger partial charge in [0.1, 0.15) is 18.0 Å². The number of anilines is 1. The predicted molar refractivity (Wildman–Crippen MR) is 129 cm³/mol. The van der Waals surface area contributed by atoms with Crippen molar-refractivity contribution in [3.05, 3.63) is 82.8 Å². The summed E-state index contributed by atoms with van der Waals surface area (Å²) in [6.07, 6.45) is 0. The van der Waals surface area contributed by atoms with Crippen LogP contribution in [0.5, 0.6) is 11.5 Å². The molecule has 0 aliphatic heterocycles. The SMILES string of the molecule is COc1ccc(OC)c(NC(=O)Cn2c(=O)oc3cc(S(=O)(=O)NCc4ccccc4)ccc32)c1. The minimum absolute atomic E-state index is 0.0457. The van der Waals surface area contributed by atoms with Crippen LogP contribution in [0.4, 0.5) is 5.69 Å². The van der Waals surface area contributed by atoms with Crippen LogP contribution in [0, 0.1) is 0 Å². The Kier molecular flexibility index (Phi) is 6.90. The van der Waals surface area contributed by atoms with Crippen molar-refractivity contribution in [1.29, 1.82) is 0 Å². The number of hydrogen-bond donors (Lipinski definition) is 2. The van der Waals surface area contributed by atoms with Gasteiger partial charge < -0.3 is 19.2 Å². The quantitative estimate of drug-likeness (QED) is 0.364. The third-order valence-electron chi connectivity index (χ3n) is 5.24. The van der Waals surface area contributed by atoms with Crippen molar-refractivity contribution in [2.45, 2.75) is 18.0 Å². The molecule has 0 fully saturated rings. The van der Waals surface area contributed by atoms with Gasteiger partial charge in [0.2, 0.25) is 15.9 Å². The molecule has 4 aromatic rings. The van der Waals surface area contributed by atoms with Gasteiger partial charge in [-0.15, -0.1) is 0 Å². The molecule has 0 aliphatic carbocycles. The van der Waals surface area contributed by atoms with E-state index in [9.17, 15) is 18.0 Å². The number of nitrogens with one attached hydrogen (secondary N) is 2. The van der Waals surface area contributed by atoms with Crippen LogP contribution in [0.2, 0.25) is 0 Å².